The van der Waals surface area contributed by atoms with Crippen LogP contribution in [0.2, 0.25) is 0 Å². The van der Waals surface area contributed by atoms with Gasteiger partial charge in [-0.3, -0.25) is 4.52 Å². The van der Waals surface area contributed by atoms with Crippen molar-refractivity contribution in [2.24, 2.45) is 0 Å². The van der Waals surface area contributed by atoms with Gasteiger partial charge in [0, 0.05) is 0 Å². The summed E-state index contributed by atoms with van der Waals surface area (Å²) in [5.74, 6) is 0. The fourth-order valence-corrected chi connectivity index (χ4v) is 0.261. The van der Waals surface area contributed by atoms with Crippen LogP contribution in [0, 0.1) is 0 Å². The van der Waals surface area contributed by atoms with E-state index in [0.717, 1.165) is 0 Å². The molecule has 48 valence electrons. The van der Waals surface area contributed by atoms with Crippen LogP contribution in [0.3, 0.4) is 0 Å². The quantitative estimate of drug-likeness (QED) is 0.567. The Bertz CT molecular complexity index is 77.7. The van der Waals surface area contributed by atoms with E-state index in [0.29, 0.717) is 0 Å². The summed E-state index contributed by atoms with van der Waals surface area (Å²) in [6.45, 7) is 0. The van der Waals surface area contributed by atoms with Crippen molar-refractivity contribution in [3.8, 4) is 0 Å². The molecule has 8 heavy (non-hydrogen) atoms. The van der Waals surface area contributed by atoms with Crippen molar-refractivity contribution in [2.75, 3.05) is 0 Å². The van der Waals surface area contributed by atoms with E-state index in [9.17, 15) is 17.7 Å². The minimum atomic E-state index is -3.23. The second-order valence-electron chi connectivity index (χ2n) is 0.866. The van der Waals surface area contributed by atoms with Gasteiger partial charge in [-0.25, -0.2) is 17.7 Å². The molecule has 0 N–H and O–H groups in total. The van der Waals surface area contributed by atoms with Gasteiger partial charge in [0.05, 0.1) is 0 Å². The summed E-state index contributed by atoms with van der Waals surface area (Å²) in [6, 6.07) is 0. The van der Waals surface area contributed by atoms with Gasteiger partial charge >= 0.3 is 8.69 Å². The Balaban J connectivity index is 3.30. The van der Waals surface area contributed by atoms with E-state index in [1.54, 1.807) is 0 Å². The number of hydrogen-bond donors (Lipinski definition) is 0. The smallest absolute Gasteiger partial charge is 0.252 e. The van der Waals surface area contributed by atoms with Crippen molar-refractivity contribution >= 4 is 8.69 Å². The lowest BCUT2D eigenvalue weighted by atomic mass is 10.7. The lowest BCUT2D eigenvalue weighted by Crippen LogP contribution is -2.10. The van der Waals surface area contributed by atoms with Crippen LogP contribution in [0.1, 0.15) is 0 Å². The SMILES string of the molecule is O=POC(F)C(F)F. The van der Waals surface area contributed by atoms with Crippen LogP contribution in [0.15, 0.2) is 0 Å². The van der Waals surface area contributed by atoms with Gasteiger partial charge in [-0.2, -0.15) is 0 Å². The third-order valence-corrected chi connectivity index (χ3v) is 0.629. The average Bonchev–Trinajstić information content (AvgIpc) is 1.67. The molecule has 0 saturated heterocycles. The predicted molar refractivity (Wildman–Crippen MR) is 19.6 cm³/mol. The lowest BCUT2D eigenvalue weighted by molar-refractivity contribution is -0.0604. The molecule has 0 aromatic carbocycles. The third-order valence-electron chi connectivity index (χ3n) is 0.342. The zero-order valence-electron chi connectivity index (χ0n) is 3.55. The maximum absolute atomic E-state index is 11.3. The predicted octanol–water partition coefficient (Wildman–Crippen LogP) is 1.77. The number of rotatable bonds is 3. The minimum absolute atomic E-state index is 1.07. The van der Waals surface area contributed by atoms with E-state index in [4.69, 9.17) is 0 Å². The summed E-state index contributed by atoms with van der Waals surface area (Å²) in [5.41, 5.74) is 0. The molecule has 0 rings (SSSR count). The van der Waals surface area contributed by atoms with Crippen molar-refractivity contribution in [1.82, 2.24) is 0 Å². The van der Waals surface area contributed by atoms with Crippen LogP contribution in [-0.4, -0.2) is 12.8 Å². The molecule has 0 aromatic heterocycles. The lowest BCUT2D eigenvalue weighted by Gasteiger charge is -1.98. The van der Waals surface area contributed by atoms with Gasteiger partial charge in [0.15, 0.2) is 0 Å². The second-order valence-corrected chi connectivity index (χ2v) is 1.23. The van der Waals surface area contributed by atoms with Crippen molar-refractivity contribution in [1.29, 1.82) is 0 Å². The highest BCUT2D eigenvalue weighted by molar-refractivity contribution is 7.17. The van der Waals surface area contributed by atoms with Crippen LogP contribution in [0.5, 0.6) is 0 Å². The Morgan fingerprint density at radius 1 is 1.38 bits per heavy atom. The molecule has 0 aromatic rings. The number of halogens is 3. The highest BCUT2D eigenvalue weighted by Crippen LogP contribution is 2.11. The topological polar surface area (TPSA) is 26.3 Å². The summed E-state index contributed by atoms with van der Waals surface area (Å²) in [7, 11) is -1.07. The Morgan fingerprint density at radius 2 is 1.88 bits per heavy atom. The molecule has 0 bridgehead atoms. The average molecular weight is 146 g/mol. The van der Waals surface area contributed by atoms with Crippen LogP contribution in [0.4, 0.5) is 13.2 Å². The molecular weight excluding hydrogens is 144 g/mol. The Labute approximate surface area is 44.9 Å². The first kappa shape index (κ1) is 7.85. The first-order chi connectivity index (χ1) is 3.68. The highest BCUT2D eigenvalue weighted by atomic mass is 31.1. The molecule has 1 atom stereocenters. The van der Waals surface area contributed by atoms with E-state index in [1.807, 2.05) is 0 Å². The first-order valence-electron chi connectivity index (χ1n) is 1.59. The zero-order chi connectivity index (χ0) is 6.57. The molecular formula is C2H2F3O2P. The maximum Gasteiger partial charge on any atom is 0.330 e. The van der Waals surface area contributed by atoms with Crippen LogP contribution < -0.4 is 0 Å². The zero-order valence-corrected chi connectivity index (χ0v) is 4.45. The first-order valence-corrected chi connectivity index (χ1v) is 2.32. The molecule has 0 amide bonds. The second kappa shape index (κ2) is 3.80. The third kappa shape index (κ3) is 2.93. The van der Waals surface area contributed by atoms with Crippen molar-refractivity contribution < 1.29 is 22.3 Å². The molecule has 0 saturated carbocycles. The fourth-order valence-electron chi connectivity index (χ4n) is 0.0871. The molecule has 0 aliphatic heterocycles. The molecule has 0 aliphatic carbocycles. The van der Waals surface area contributed by atoms with E-state index < -0.39 is 21.5 Å². The van der Waals surface area contributed by atoms with Gasteiger partial charge in [0.2, 0.25) is 0 Å². The summed E-state index contributed by atoms with van der Waals surface area (Å²) in [5, 5.41) is 0. The van der Waals surface area contributed by atoms with Crippen LogP contribution in [-0.2, 0) is 9.09 Å². The van der Waals surface area contributed by atoms with Crippen molar-refractivity contribution in [2.45, 2.75) is 12.8 Å². The number of hydrogen-bond acceptors (Lipinski definition) is 2. The summed E-state index contributed by atoms with van der Waals surface area (Å²) in [6.07, 6.45) is -5.97. The van der Waals surface area contributed by atoms with E-state index in [2.05, 4.69) is 4.52 Å². The normalized spacial score (nSPS) is 15.0. The molecule has 0 fully saturated rings. The van der Waals surface area contributed by atoms with Gasteiger partial charge in [-0.1, -0.05) is 0 Å². The molecule has 1 unspecified atom stereocenters. The highest BCUT2D eigenvalue weighted by Gasteiger charge is 2.19. The monoisotopic (exact) mass is 146 g/mol. The van der Waals surface area contributed by atoms with Crippen molar-refractivity contribution in [3.63, 3.8) is 0 Å². The standard InChI is InChI=1S/C2H2F3O2P/c3-1(4)2(5)7-8-6/h1-2H. The summed E-state index contributed by atoms with van der Waals surface area (Å²) < 4.78 is 45.8. The molecule has 0 radical (unpaired) electrons. The van der Waals surface area contributed by atoms with Gasteiger partial charge in [-0.15, -0.1) is 0 Å². The molecule has 2 nitrogen and oxygen atoms in total. The molecule has 0 aliphatic rings. The van der Waals surface area contributed by atoms with Crippen molar-refractivity contribution in [3.05, 3.63) is 0 Å². The van der Waals surface area contributed by atoms with Gasteiger partial charge in [-0.05, 0) is 0 Å². The van der Waals surface area contributed by atoms with E-state index >= 15 is 0 Å². The van der Waals surface area contributed by atoms with Gasteiger partial charge < -0.3 is 0 Å². The largest absolute Gasteiger partial charge is 0.330 e. The van der Waals surface area contributed by atoms with Gasteiger partial charge in [0.1, 0.15) is 0 Å². The maximum atomic E-state index is 11.3. The number of alkyl halides is 3. The molecule has 6 heteroatoms. The minimum Gasteiger partial charge on any atom is -0.252 e. The fraction of sp³-hybridized carbons (Fsp3) is 1.00. The summed E-state index contributed by atoms with van der Waals surface area (Å²) >= 11 is 0. The molecule has 0 spiro atoms. The Hall–Kier alpha value is -0.150. The summed E-state index contributed by atoms with van der Waals surface area (Å²) in [4.78, 5) is 0. The van der Waals surface area contributed by atoms with Crippen LogP contribution in [0.25, 0.3) is 0 Å². The Kier molecular flexibility index (Phi) is 3.73. The van der Waals surface area contributed by atoms with Gasteiger partial charge in [0.25, 0.3) is 12.8 Å². The van der Waals surface area contributed by atoms with E-state index in [-0.39, 0.29) is 0 Å². The molecule has 0 heterocycles. The Morgan fingerprint density at radius 3 is 2.00 bits per heavy atom. The van der Waals surface area contributed by atoms with Crippen LogP contribution >= 0.6 is 8.69 Å². The van der Waals surface area contributed by atoms with E-state index in [1.165, 1.54) is 0 Å².